The molecule has 1 N–H and O–H groups in total. The summed E-state index contributed by atoms with van der Waals surface area (Å²) in [6.45, 7) is 8.08. The van der Waals surface area contributed by atoms with Gasteiger partial charge >= 0.3 is 5.97 Å². The van der Waals surface area contributed by atoms with Gasteiger partial charge in [0.1, 0.15) is 17.2 Å². The van der Waals surface area contributed by atoms with Crippen molar-refractivity contribution in [1.82, 2.24) is 4.31 Å². The molecule has 40 heavy (non-hydrogen) atoms. The number of carbonyl (C=O) groups excluding carboxylic acids is 1. The molecule has 6 bridgehead atoms. The van der Waals surface area contributed by atoms with E-state index in [1.54, 1.807) is 24.3 Å². The van der Waals surface area contributed by atoms with Crippen LogP contribution in [0.5, 0.6) is 5.75 Å². The minimum absolute atomic E-state index is 0.105. The van der Waals surface area contributed by atoms with Gasteiger partial charge in [0.2, 0.25) is 16.3 Å². The molecule has 3 aromatic rings. The molecule has 10 heteroatoms. The van der Waals surface area contributed by atoms with Crippen molar-refractivity contribution < 1.29 is 27.7 Å². The summed E-state index contributed by atoms with van der Waals surface area (Å²) in [6, 6.07) is 17.0. The fraction of sp³-hybridized carbons (Fsp3) is 0.367. The molecular weight excluding hydrogens is 528 g/mol. The summed E-state index contributed by atoms with van der Waals surface area (Å²) < 4.78 is 41.4. The second-order valence-electron chi connectivity index (χ2n) is 11.4. The van der Waals surface area contributed by atoms with Gasteiger partial charge in [-0.05, 0) is 75.2 Å². The largest absolute Gasteiger partial charge is 0.469 e. The van der Waals surface area contributed by atoms with Crippen molar-refractivity contribution in [3.8, 4) is 5.75 Å². The smallest absolute Gasteiger partial charge is 0.312 e. The standard InChI is InChI=1S/C30H34N4O5S/c1-18-11-12-20-15-21(18)16-33-17-26(39-24-9-7-8-10-25(24)40(33,36)37)34-28-19(2)22(13-14-23(28)32(5)31-34)27(20)30(3,4)29(35)38-6/h7-15,26-27,34H,16-17H2,1-6H3. The summed E-state index contributed by atoms with van der Waals surface area (Å²) in [7, 11) is -0.600. The zero-order valence-electron chi connectivity index (χ0n) is 23.6. The van der Waals surface area contributed by atoms with Gasteiger partial charge in [0, 0.05) is 18.0 Å². The normalized spacial score (nSPS) is 24.6. The van der Waals surface area contributed by atoms with Crippen LogP contribution in [0.25, 0.3) is 5.53 Å². The molecule has 0 aliphatic carbocycles. The topological polar surface area (TPSA) is 94.7 Å². The number of sulfonamides is 1. The van der Waals surface area contributed by atoms with Gasteiger partial charge in [-0.1, -0.05) is 36.4 Å². The third-order valence-electron chi connectivity index (χ3n) is 8.56. The van der Waals surface area contributed by atoms with Crippen LogP contribution in [0, 0.1) is 19.3 Å². The third kappa shape index (κ3) is 3.93. The maximum absolute atomic E-state index is 14.1. The summed E-state index contributed by atoms with van der Waals surface area (Å²) in [6.07, 6.45) is -0.647. The lowest BCUT2D eigenvalue weighted by Gasteiger charge is -2.37. The highest BCUT2D eigenvalue weighted by Crippen LogP contribution is 2.47. The number of nitrogens with zero attached hydrogens (tertiary/aromatic N) is 3. The lowest BCUT2D eigenvalue weighted by atomic mass is 9.69. The molecule has 0 radical (unpaired) electrons. The van der Waals surface area contributed by atoms with E-state index in [0.717, 1.165) is 39.2 Å². The Morgan fingerprint density at radius 1 is 1.12 bits per heavy atom. The fourth-order valence-corrected chi connectivity index (χ4v) is 7.91. The van der Waals surface area contributed by atoms with Gasteiger partial charge in [0.05, 0.1) is 18.2 Å². The van der Waals surface area contributed by atoms with Crippen LogP contribution >= 0.6 is 0 Å². The number of nitrogens with one attached hydrogen (secondary N) is 1. The lowest BCUT2D eigenvalue weighted by Crippen LogP contribution is -3.09. The molecule has 9 nitrogen and oxygen atoms in total. The molecule has 0 spiro atoms. The molecule has 3 heterocycles. The highest BCUT2D eigenvalue weighted by molar-refractivity contribution is 7.89. The molecule has 0 saturated carbocycles. The van der Waals surface area contributed by atoms with Gasteiger partial charge in [-0.15, -0.1) is 0 Å². The van der Waals surface area contributed by atoms with E-state index >= 15 is 0 Å². The van der Waals surface area contributed by atoms with E-state index in [0.29, 0.717) is 10.8 Å². The zero-order chi connectivity index (χ0) is 28.6. The quantitative estimate of drug-likeness (QED) is 0.479. The number of aryl methyl sites for hydroxylation is 1. The van der Waals surface area contributed by atoms with Crippen molar-refractivity contribution in [2.45, 2.75) is 51.3 Å². The second-order valence-corrected chi connectivity index (χ2v) is 13.3. The summed E-state index contributed by atoms with van der Waals surface area (Å²) >= 11 is 0. The van der Waals surface area contributed by atoms with E-state index in [-0.39, 0.29) is 29.9 Å². The van der Waals surface area contributed by atoms with Crippen LogP contribution in [0.3, 0.4) is 0 Å². The predicted octanol–water partition coefficient (Wildman–Crippen LogP) is 3.73. The average molecular weight is 563 g/mol. The number of hydrogen-bond acceptors (Lipinski definition) is 6. The van der Waals surface area contributed by atoms with Crippen LogP contribution in [0.15, 0.2) is 59.5 Å². The Kier molecular flexibility index (Phi) is 6.23. The second kappa shape index (κ2) is 9.31. The molecule has 4 unspecified atom stereocenters. The van der Waals surface area contributed by atoms with E-state index in [1.807, 2.05) is 64.0 Å². The van der Waals surface area contributed by atoms with E-state index in [9.17, 15) is 13.2 Å². The van der Waals surface area contributed by atoms with Gasteiger partial charge in [0.15, 0.2) is 5.69 Å². The van der Waals surface area contributed by atoms with Gasteiger partial charge in [-0.3, -0.25) is 4.79 Å². The maximum atomic E-state index is 14.1. The first-order valence-electron chi connectivity index (χ1n) is 13.3. The highest BCUT2D eigenvalue weighted by Gasteiger charge is 2.45. The molecule has 6 rings (SSSR count). The number of rotatable bonds is 2. The molecule has 0 amide bonds. The number of anilines is 1. The van der Waals surface area contributed by atoms with Crippen LogP contribution in [0.4, 0.5) is 11.4 Å². The lowest BCUT2D eigenvalue weighted by molar-refractivity contribution is -0.840. The number of methoxy groups -OCH3 is 1. The van der Waals surface area contributed by atoms with Crippen LogP contribution < -0.4 is 14.8 Å². The van der Waals surface area contributed by atoms with Crippen LogP contribution in [-0.2, 0) is 26.1 Å². The fourth-order valence-electron chi connectivity index (χ4n) is 6.37. The summed E-state index contributed by atoms with van der Waals surface area (Å²) in [5.74, 6) is -0.369. The van der Waals surface area contributed by atoms with Crippen molar-refractivity contribution in [2.75, 3.05) is 25.7 Å². The molecule has 0 fully saturated rings. The number of quaternary nitrogens is 1. The SMILES string of the molecule is COC(=O)C(C)(C)C1c2ccc(C)c(c2)CN2CC(Oc3ccccc3S2(=O)=O)[NH+]2[N-]N(C)c3ccc1c(C)c32. The van der Waals surface area contributed by atoms with Gasteiger partial charge < -0.3 is 25.0 Å². The third-order valence-corrected chi connectivity index (χ3v) is 10.4. The number of carbonyl (C=O) groups is 1. The summed E-state index contributed by atoms with van der Waals surface area (Å²) in [5.41, 5.74) is 10.5. The number of benzene rings is 3. The first kappa shape index (κ1) is 26.8. The van der Waals surface area contributed by atoms with Crippen molar-refractivity contribution in [2.24, 2.45) is 5.41 Å². The van der Waals surface area contributed by atoms with E-state index in [4.69, 9.17) is 15.0 Å². The van der Waals surface area contributed by atoms with E-state index < -0.39 is 21.7 Å². The number of fused-ring (bicyclic) bond motifs is 7. The van der Waals surface area contributed by atoms with Crippen molar-refractivity contribution in [3.05, 3.63) is 87.9 Å². The average Bonchev–Trinajstić information content (AvgIpc) is 3.21. The number of ether oxygens (including phenoxy) is 2. The highest BCUT2D eigenvalue weighted by atomic mass is 32.2. The minimum Gasteiger partial charge on any atom is -0.469 e. The Labute approximate surface area is 235 Å². The molecular formula is C30H34N4O5S. The van der Waals surface area contributed by atoms with Gasteiger partial charge in [0.25, 0.3) is 0 Å². The van der Waals surface area contributed by atoms with Crippen LogP contribution in [0.2, 0.25) is 0 Å². The molecule has 0 saturated heterocycles. The monoisotopic (exact) mass is 562 g/mol. The van der Waals surface area contributed by atoms with Crippen LogP contribution in [0.1, 0.15) is 47.6 Å². The Bertz CT molecular complexity index is 1640. The first-order chi connectivity index (χ1) is 18.9. The van der Waals surface area contributed by atoms with E-state index in [2.05, 4.69) is 6.07 Å². The zero-order valence-corrected chi connectivity index (χ0v) is 24.4. The Balaban J connectivity index is 1.67. The van der Waals surface area contributed by atoms with Crippen molar-refractivity contribution in [3.63, 3.8) is 0 Å². The molecule has 0 aromatic heterocycles. The number of esters is 1. The molecule has 3 aromatic carbocycles. The molecule has 4 atom stereocenters. The maximum Gasteiger partial charge on any atom is 0.312 e. The summed E-state index contributed by atoms with van der Waals surface area (Å²) in [4.78, 5) is 13.4. The predicted molar refractivity (Wildman–Crippen MR) is 151 cm³/mol. The molecule has 210 valence electrons. The van der Waals surface area contributed by atoms with Crippen molar-refractivity contribution >= 4 is 27.4 Å². The Morgan fingerprint density at radius 3 is 2.62 bits per heavy atom. The molecule has 3 aliphatic rings. The van der Waals surface area contributed by atoms with Crippen molar-refractivity contribution in [1.29, 1.82) is 0 Å². The van der Waals surface area contributed by atoms with Crippen LogP contribution in [-0.4, -0.2) is 45.6 Å². The minimum atomic E-state index is -3.89. The van der Waals surface area contributed by atoms with Gasteiger partial charge in [-0.25, -0.2) is 8.42 Å². The first-order valence-corrected chi connectivity index (χ1v) is 14.8. The van der Waals surface area contributed by atoms with Gasteiger partial charge in [-0.2, -0.15) is 4.31 Å². The Morgan fingerprint density at radius 2 is 1.88 bits per heavy atom. The molecule has 3 aliphatic heterocycles. The number of para-hydroxylation sites is 1. The van der Waals surface area contributed by atoms with E-state index in [1.165, 1.54) is 11.4 Å². The Hall–Kier alpha value is -3.44. The summed E-state index contributed by atoms with van der Waals surface area (Å²) in [5, 5.41) is 2.48. The number of hydrogen-bond donors (Lipinski definition) is 1.